The monoisotopic (exact) mass is 104 g/mol. The standard InChI is InChI=1S/C5H9FO/c1-2-3-5(6)4-7/h2-3,5,7H,4H2,1H3/b3-2+. The molecule has 42 valence electrons. The molecule has 0 spiro atoms. The van der Waals surface area contributed by atoms with Gasteiger partial charge in [-0.15, -0.1) is 0 Å². The quantitative estimate of drug-likeness (QED) is 0.516. The molecule has 0 aromatic rings. The Hall–Kier alpha value is -0.370. The molecule has 1 nitrogen and oxygen atoms in total. The number of hydrogen-bond donors (Lipinski definition) is 1. The topological polar surface area (TPSA) is 20.2 Å². The van der Waals surface area contributed by atoms with Gasteiger partial charge in [-0.3, -0.25) is 0 Å². The van der Waals surface area contributed by atoms with Crippen LogP contribution in [-0.2, 0) is 0 Å². The van der Waals surface area contributed by atoms with Crippen molar-refractivity contribution in [3.8, 4) is 0 Å². The van der Waals surface area contributed by atoms with Crippen molar-refractivity contribution in [3.05, 3.63) is 12.2 Å². The summed E-state index contributed by atoms with van der Waals surface area (Å²) in [5.74, 6) is 0. The number of rotatable bonds is 2. The largest absolute Gasteiger partial charge is 0.393 e. The molecular formula is C5H9FO. The van der Waals surface area contributed by atoms with E-state index in [1.807, 2.05) is 0 Å². The molecule has 1 N–H and O–H groups in total. The molecule has 2 heteroatoms. The molecule has 0 radical (unpaired) electrons. The molecule has 0 bridgehead atoms. The molecule has 0 rings (SSSR count). The first-order valence-corrected chi connectivity index (χ1v) is 2.19. The molecule has 0 aliphatic rings. The maximum Gasteiger partial charge on any atom is 0.141 e. The molecular weight excluding hydrogens is 95.1 g/mol. The Morgan fingerprint density at radius 1 is 1.86 bits per heavy atom. The summed E-state index contributed by atoms with van der Waals surface area (Å²) in [6.45, 7) is 1.30. The van der Waals surface area contributed by atoms with Crippen LogP contribution in [0.15, 0.2) is 12.2 Å². The van der Waals surface area contributed by atoms with E-state index < -0.39 is 12.8 Å². The summed E-state index contributed by atoms with van der Waals surface area (Å²) < 4.78 is 11.8. The summed E-state index contributed by atoms with van der Waals surface area (Å²) in [5.41, 5.74) is 0. The second kappa shape index (κ2) is 3.81. The van der Waals surface area contributed by atoms with Crippen LogP contribution in [0.5, 0.6) is 0 Å². The van der Waals surface area contributed by atoms with E-state index >= 15 is 0 Å². The van der Waals surface area contributed by atoms with Crippen LogP contribution >= 0.6 is 0 Å². The number of halogens is 1. The first-order chi connectivity index (χ1) is 3.31. The predicted molar refractivity (Wildman–Crippen MR) is 26.8 cm³/mol. The van der Waals surface area contributed by atoms with Crippen molar-refractivity contribution in [3.63, 3.8) is 0 Å². The van der Waals surface area contributed by atoms with E-state index in [-0.39, 0.29) is 0 Å². The lowest BCUT2D eigenvalue weighted by Crippen LogP contribution is -1.99. The van der Waals surface area contributed by atoms with Crippen LogP contribution in [0.3, 0.4) is 0 Å². The minimum atomic E-state index is -1.18. The first kappa shape index (κ1) is 6.63. The van der Waals surface area contributed by atoms with Gasteiger partial charge in [-0.05, 0) is 6.92 Å². The molecule has 0 fully saturated rings. The van der Waals surface area contributed by atoms with Crippen molar-refractivity contribution < 1.29 is 9.50 Å². The molecule has 0 saturated carbocycles. The van der Waals surface area contributed by atoms with Crippen LogP contribution in [0.2, 0.25) is 0 Å². The van der Waals surface area contributed by atoms with Crippen molar-refractivity contribution in [1.82, 2.24) is 0 Å². The Bertz CT molecular complexity index is 61.1. The molecule has 0 amide bonds. The molecule has 1 atom stereocenters. The van der Waals surface area contributed by atoms with Crippen LogP contribution in [-0.4, -0.2) is 17.9 Å². The van der Waals surface area contributed by atoms with E-state index in [1.165, 1.54) is 6.08 Å². The van der Waals surface area contributed by atoms with Gasteiger partial charge < -0.3 is 5.11 Å². The Kier molecular flexibility index (Phi) is 3.61. The average Bonchev–Trinajstić information content (AvgIpc) is 1.68. The van der Waals surface area contributed by atoms with Gasteiger partial charge in [0.15, 0.2) is 0 Å². The van der Waals surface area contributed by atoms with Gasteiger partial charge >= 0.3 is 0 Å². The Morgan fingerprint density at radius 3 is 2.57 bits per heavy atom. The summed E-state index contributed by atoms with van der Waals surface area (Å²) in [4.78, 5) is 0. The van der Waals surface area contributed by atoms with Crippen LogP contribution in [0.4, 0.5) is 4.39 Å². The van der Waals surface area contributed by atoms with E-state index in [4.69, 9.17) is 5.11 Å². The third kappa shape index (κ3) is 3.46. The molecule has 1 unspecified atom stereocenters. The van der Waals surface area contributed by atoms with Gasteiger partial charge in [0.05, 0.1) is 6.61 Å². The van der Waals surface area contributed by atoms with Crippen molar-refractivity contribution in [2.75, 3.05) is 6.61 Å². The molecule has 0 aromatic heterocycles. The second-order valence-electron chi connectivity index (χ2n) is 1.22. The molecule has 0 heterocycles. The first-order valence-electron chi connectivity index (χ1n) is 2.19. The number of hydrogen-bond acceptors (Lipinski definition) is 1. The summed E-state index contributed by atoms with van der Waals surface area (Å²) in [6, 6.07) is 0. The Labute approximate surface area is 42.5 Å². The number of aliphatic hydroxyl groups excluding tert-OH is 1. The van der Waals surface area contributed by atoms with Gasteiger partial charge in [-0.25, -0.2) is 4.39 Å². The minimum absolute atomic E-state index is 0.412. The van der Waals surface area contributed by atoms with Crippen molar-refractivity contribution >= 4 is 0 Å². The molecule has 0 aliphatic carbocycles. The van der Waals surface area contributed by atoms with E-state index in [2.05, 4.69) is 0 Å². The van der Waals surface area contributed by atoms with Crippen molar-refractivity contribution in [1.29, 1.82) is 0 Å². The lowest BCUT2D eigenvalue weighted by molar-refractivity contribution is 0.209. The smallest absolute Gasteiger partial charge is 0.141 e. The number of aliphatic hydroxyl groups is 1. The summed E-state index contributed by atoms with van der Waals surface area (Å²) in [5, 5.41) is 8.04. The highest BCUT2D eigenvalue weighted by atomic mass is 19.1. The zero-order chi connectivity index (χ0) is 5.70. The van der Waals surface area contributed by atoms with E-state index in [1.54, 1.807) is 13.0 Å². The zero-order valence-electron chi connectivity index (χ0n) is 4.26. The Balaban J connectivity index is 3.16. The highest BCUT2D eigenvalue weighted by molar-refractivity contribution is 4.84. The molecule has 7 heavy (non-hydrogen) atoms. The van der Waals surface area contributed by atoms with Gasteiger partial charge in [0.2, 0.25) is 0 Å². The van der Waals surface area contributed by atoms with Crippen molar-refractivity contribution in [2.24, 2.45) is 0 Å². The highest BCUT2D eigenvalue weighted by Crippen LogP contribution is 1.88. The Morgan fingerprint density at radius 2 is 2.43 bits per heavy atom. The van der Waals surface area contributed by atoms with Gasteiger partial charge in [0.25, 0.3) is 0 Å². The normalized spacial score (nSPS) is 15.3. The van der Waals surface area contributed by atoms with Crippen molar-refractivity contribution in [2.45, 2.75) is 13.1 Å². The average molecular weight is 104 g/mol. The lowest BCUT2D eigenvalue weighted by Gasteiger charge is -1.90. The van der Waals surface area contributed by atoms with E-state index in [9.17, 15) is 4.39 Å². The van der Waals surface area contributed by atoms with Crippen LogP contribution in [0.25, 0.3) is 0 Å². The maximum absolute atomic E-state index is 11.8. The summed E-state index contributed by atoms with van der Waals surface area (Å²) in [6.07, 6.45) is 1.70. The van der Waals surface area contributed by atoms with Gasteiger partial charge in [-0.2, -0.15) is 0 Å². The van der Waals surface area contributed by atoms with E-state index in [0.29, 0.717) is 0 Å². The van der Waals surface area contributed by atoms with Gasteiger partial charge in [-0.1, -0.05) is 12.2 Å². The van der Waals surface area contributed by atoms with Gasteiger partial charge in [0.1, 0.15) is 6.17 Å². The molecule has 0 aliphatic heterocycles. The van der Waals surface area contributed by atoms with Gasteiger partial charge in [0, 0.05) is 0 Å². The zero-order valence-corrected chi connectivity index (χ0v) is 4.26. The van der Waals surface area contributed by atoms with E-state index in [0.717, 1.165) is 0 Å². The number of allylic oxidation sites excluding steroid dienone is 1. The summed E-state index contributed by atoms with van der Waals surface area (Å²) >= 11 is 0. The highest BCUT2D eigenvalue weighted by Gasteiger charge is 1.92. The summed E-state index contributed by atoms with van der Waals surface area (Å²) in [7, 11) is 0. The fourth-order valence-corrected chi connectivity index (χ4v) is 0.270. The third-order valence-corrected chi connectivity index (χ3v) is 0.576. The second-order valence-corrected chi connectivity index (χ2v) is 1.22. The third-order valence-electron chi connectivity index (χ3n) is 0.576. The SMILES string of the molecule is C/C=C/C(F)CO. The van der Waals surface area contributed by atoms with Crippen LogP contribution in [0.1, 0.15) is 6.92 Å². The number of alkyl halides is 1. The maximum atomic E-state index is 11.8. The lowest BCUT2D eigenvalue weighted by atomic mass is 10.4. The molecule has 0 saturated heterocycles. The van der Waals surface area contributed by atoms with Crippen LogP contribution < -0.4 is 0 Å². The fraction of sp³-hybridized carbons (Fsp3) is 0.600. The van der Waals surface area contributed by atoms with Crippen LogP contribution in [0, 0.1) is 0 Å². The molecule has 0 aromatic carbocycles. The fourth-order valence-electron chi connectivity index (χ4n) is 0.270. The predicted octanol–water partition coefficient (Wildman–Crippen LogP) is 0.893. The minimum Gasteiger partial charge on any atom is -0.393 e.